The molecule has 0 radical (unpaired) electrons. The Labute approximate surface area is 173 Å². The van der Waals surface area contributed by atoms with Crippen molar-refractivity contribution < 1.29 is 4.42 Å². The van der Waals surface area contributed by atoms with Crippen molar-refractivity contribution in [3.8, 4) is 0 Å². The Hall–Kier alpha value is -1.96. The number of hydrogen-bond acceptors (Lipinski definition) is 3. The minimum atomic E-state index is 0. The predicted octanol–water partition coefficient (Wildman–Crippen LogP) is 3.77. The van der Waals surface area contributed by atoms with Crippen LogP contribution in [-0.2, 0) is 13.0 Å². The normalized spacial score (nSPS) is 10.8. The quantitative estimate of drug-likeness (QED) is 0.277. The van der Waals surface area contributed by atoms with Gasteiger partial charge in [0.25, 0.3) is 0 Å². The van der Waals surface area contributed by atoms with E-state index in [0.29, 0.717) is 13.1 Å². The molecule has 0 bridgehead atoms. The fourth-order valence-electron chi connectivity index (χ4n) is 2.48. The number of rotatable bonds is 8. The van der Waals surface area contributed by atoms with E-state index in [1.165, 1.54) is 11.3 Å². The van der Waals surface area contributed by atoms with Crippen LogP contribution < -0.4 is 10.2 Å². The zero-order valence-corrected chi connectivity index (χ0v) is 18.1. The molecule has 1 N–H and O–H groups in total. The molecule has 0 aliphatic heterocycles. The van der Waals surface area contributed by atoms with Gasteiger partial charge in [0.1, 0.15) is 5.76 Å². The van der Waals surface area contributed by atoms with Gasteiger partial charge in [-0.2, -0.15) is 0 Å². The van der Waals surface area contributed by atoms with Gasteiger partial charge < -0.3 is 19.5 Å². The van der Waals surface area contributed by atoms with Crippen LogP contribution in [0.2, 0.25) is 0 Å². The fraction of sp³-hybridized carbons (Fsp3) is 0.350. The second-order valence-corrected chi connectivity index (χ2v) is 6.12. The fourth-order valence-corrected chi connectivity index (χ4v) is 2.48. The second kappa shape index (κ2) is 11.6. The maximum atomic E-state index is 5.36. The Morgan fingerprint density at radius 1 is 1.23 bits per heavy atom. The Kier molecular flexibility index (Phi) is 9.87. The van der Waals surface area contributed by atoms with Crippen LogP contribution in [0.15, 0.2) is 64.7 Å². The van der Waals surface area contributed by atoms with Gasteiger partial charge in [0.05, 0.1) is 6.26 Å². The largest absolute Gasteiger partial charge is 0.469 e. The molecule has 26 heavy (non-hydrogen) atoms. The molecule has 0 spiro atoms. The summed E-state index contributed by atoms with van der Waals surface area (Å²) in [6.07, 6.45) is 4.32. The molecule has 5 nitrogen and oxygen atoms in total. The molecule has 0 saturated carbocycles. The van der Waals surface area contributed by atoms with Crippen molar-refractivity contribution in [3.05, 3.63) is 66.6 Å². The van der Waals surface area contributed by atoms with E-state index in [4.69, 9.17) is 9.41 Å². The molecule has 0 saturated heterocycles. The van der Waals surface area contributed by atoms with Gasteiger partial charge in [-0.25, -0.2) is 0 Å². The maximum Gasteiger partial charge on any atom is 0.194 e. The zero-order valence-electron chi connectivity index (χ0n) is 15.8. The standard InChI is InChI=1S/C20H28N4O.HI/c1-5-12-21-20(22-13-11-19-10-7-14-25-19)24(4)16-17-8-6-9-18(15-17)23(2)3;/h5-10,14-15H,1,11-13,16H2,2-4H3,(H,21,22);1H. The van der Waals surface area contributed by atoms with Crippen LogP contribution in [0.1, 0.15) is 11.3 Å². The van der Waals surface area contributed by atoms with E-state index in [9.17, 15) is 0 Å². The summed E-state index contributed by atoms with van der Waals surface area (Å²) in [6.45, 7) is 5.91. The summed E-state index contributed by atoms with van der Waals surface area (Å²) in [7, 11) is 6.15. The van der Waals surface area contributed by atoms with Gasteiger partial charge in [0.15, 0.2) is 5.96 Å². The second-order valence-electron chi connectivity index (χ2n) is 6.12. The van der Waals surface area contributed by atoms with Crippen molar-refractivity contribution in [3.63, 3.8) is 0 Å². The lowest BCUT2D eigenvalue weighted by Gasteiger charge is -2.23. The molecule has 1 heterocycles. The van der Waals surface area contributed by atoms with Crippen LogP contribution >= 0.6 is 24.0 Å². The number of nitrogens with one attached hydrogen (secondary N) is 1. The summed E-state index contributed by atoms with van der Waals surface area (Å²) in [5.41, 5.74) is 2.44. The summed E-state index contributed by atoms with van der Waals surface area (Å²) < 4.78 is 5.36. The molecule has 142 valence electrons. The van der Waals surface area contributed by atoms with Crippen molar-refractivity contribution in [2.45, 2.75) is 13.0 Å². The van der Waals surface area contributed by atoms with Gasteiger partial charge >= 0.3 is 0 Å². The van der Waals surface area contributed by atoms with E-state index in [-0.39, 0.29) is 24.0 Å². The minimum Gasteiger partial charge on any atom is -0.469 e. The third-order valence-electron chi connectivity index (χ3n) is 3.81. The van der Waals surface area contributed by atoms with Crippen molar-refractivity contribution >= 4 is 35.6 Å². The molecular formula is C20H29IN4O. The van der Waals surface area contributed by atoms with Crippen molar-refractivity contribution in [2.24, 2.45) is 4.99 Å². The summed E-state index contributed by atoms with van der Waals surface area (Å²) in [5, 5.41) is 3.32. The number of halogens is 1. The number of furan rings is 1. The van der Waals surface area contributed by atoms with E-state index in [1.54, 1.807) is 6.26 Å². The van der Waals surface area contributed by atoms with Crippen molar-refractivity contribution in [1.29, 1.82) is 0 Å². The SMILES string of the molecule is C=CCNC(=NCCc1ccco1)N(C)Cc1cccc(N(C)C)c1.I. The average Bonchev–Trinajstić information content (AvgIpc) is 3.11. The first kappa shape index (κ1) is 22.1. The summed E-state index contributed by atoms with van der Waals surface area (Å²) in [6, 6.07) is 12.4. The average molecular weight is 468 g/mol. The highest BCUT2D eigenvalue weighted by molar-refractivity contribution is 14.0. The van der Waals surface area contributed by atoms with Crippen LogP contribution in [0.25, 0.3) is 0 Å². The van der Waals surface area contributed by atoms with E-state index in [0.717, 1.165) is 24.7 Å². The first-order valence-electron chi connectivity index (χ1n) is 8.49. The van der Waals surface area contributed by atoms with Crippen molar-refractivity contribution in [2.75, 3.05) is 39.1 Å². The number of aliphatic imine (C=N–C) groups is 1. The molecule has 1 aromatic carbocycles. The number of hydrogen-bond donors (Lipinski definition) is 1. The highest BCUT2D eigenvalue weighted by atomic mass is 127. The number of anilines is 1. The van der Waals surface area contributed by atoms with Gasteiger partial charge in [-0.05, 0) is 29.8 Å². The van der Waals surface area contributed by atoms with Gasteiger partial charge in [-0.15, -0.1) is 30.6 Å². The van der Waals surface area contributed by atoms with E-state index in [2.05, 4.69) is 60.1 Å². The molecule has 0 fully saturated rings. The van der Waals surface area contributed by atoms with Crippen molar-refractivity contribution in [1.82, 2.24) is 10.2 Å². The summed E-state index contributed by atoms with van der Waals surface area (Å²) >= 11 is 0. The summed E-state index contributed by atoms with van der Waals surface area (Å²) in [5.74, 6) is 1.81. The van der Waals surface area contributed by atoms with E-state index in [1.807, 2.05) is 25.3 Å². The van der Waals surface area contributed by atoms with Crippen LogP contribution in [0.4, 0.5) is 5.69 Å². The topological polar surface area (TPSA) is 44.0 Å². The number of guanidine groups is 1. The van der Waals surface area contributed by atoms with Gasteiger partial charge in [-0.1, -0.05) is 18.2 Å². The summed E-state index contributed by atoms with van der Waals surface area (Å²) in [4.78, 5) is 8.94. The molecule has 2 rings (SSSR count). The Morgan fingerprint density at radius 2 is 2.04 bits per heavy atom. The smallest absolute Gasteiger partial charge is 0.194 e. The van der Waals surface area contributed by atoms with Crippen LogP contribution in [-0.4, -0.2) is 45.1 Å². The first-order valence-corrected chi connectivity index (χ1v) is 8.49. The third kappa shape index (κ3) is 7.11. The van der Waals surface area contributed by atoms with E-state index < -0.39 is 0 Å². The van der Waals surface area contributed by atoms with Gasteiger partial charge in [-0.3, -0.25) is 4.99 Å². The molecule has 2 aromatic rings. The first-order chi connectivity index (χ1) is 12.1. The Bertz CT molecular complexity index is 683. The zero-order chi connectivity index (χ0) is 18.1. The molecule has 0 atom stereocenters. The number of benzene rings is 1. The lowest BCUT2D eigenvalue weighted by atomic mass is 10.2. The highest BCUT2D eigenvalue weighted by Gasteiger charge is 2.08. The molecule has 6 heteroatoms. The van der Waals surface area contributed by atoms with Gasteiger partial charge in [0.2, 0.25) is 0 Å². The van der Waals surface area contributed by atoms with Crippen LogP contribution in [0, 0.1) is 0 Å². The molecular weight excluding hydrogens is 439 g/mol. The molecule has 0 aliphatic carbocycles. The molecule has 0 unspecified atom stereocenters. The lowest BCUT2D eigenvalue weighted by Crippen LogP contribution is -2.38. The predicted molar refractivity (Wildman–Crippen MR) is 121 cm³/mol. The van der Waals surface area contributed by atoms with Crippen LogP contribution in [0.3, 0.4) is 0 Å². The third-order valence-corrected chi connectivity index (χ3v) is 3.81. The molecule has 0 aliphatic rings. The lowest BCUT2D eigenvalue weighted by molar-refractivity contribution is 0.476. The molecule has 1 aromatic heterocycles. The maximum absolute atomic E-state index is 5.36. The Balaban J connectivity index is 0.00000338. The number of nitrogens with zero attached hydrogens (tertiary/aromatic N) is 3. The highest BCUT2D eigenvalue weighted by Crippen LogP contribution is 2.14. The minimum absolute atomic E-state index is 0. The molecule has 0 amide bonds. The monoisotopic (exact) mass is 468 g/mol. The Morgan fingerprint density at radius 3 is 2.69 bits per heavy atom. The van der Waals surface area contributed by atoms with Gasteiger partial charge in [0, 0.05) is 52.9 Å². The van der Waals surface area contributed by atoms with E-state index >= 15 is 0 Å². The van der Waals surface area contributed by atoms with Crippen LogP contribution in [0.5, 0.6) is 0 Å².